The molecular weight excluding hydrogens is 1020 g/mol. The van der Waals surface area contributed by atoms with Crippen molar-refractivity contribution >= 4 is 5.97 Å². The monoisotopic (exact) mass is 1100 g/mol. The lowest BCUT2D eigenvalue weighted by atomic mass is 9.33. The molecule has 4 heterocycles. The van der Waals surface area contributed by atoms with Crippen LogP contribution in [0.5, 0.6) is 0 Å². The molecule has 4 saturated heterocycles. The second kappa shape index (κ2) is 21.5. The van der Waals surface area contributed by atoms with E-state index in [1.807, 2.05) is 0 Å². The first-order chi connectivity index (χ1) is 35.9. The molecule has 77 heavy (non-hydrogen) atoms. The summed E-state index contributed by atoms with van der Waals surface area (Å²) >= 11 is 0. The van der Waals surface area contributed by atoms with E-state index in [1.165, 1.54) is 12.5 Å². The predicted octanol–water partition coefficient (Wildman–Crippen LogP) is -1.47. The molecule has 14 N–H and O–H groups in total. The van der Waals surface area contributed by atoms with Gasteiger partial charge in [0.05, 0.1) is 38.1 Å². The Hall–Kier alpha value is -1.63. The maximum atomic E-state index is 13.3. The van der Waals surface area contributed by atoms with Gasteiger partial charge in [-0.2, -0.15) is 0 Å². The van der Waals surface area contributed by atoms with Crippen LogP contribution in [-0.2, 0) is 42.7 Å². The number of fused-ring (bicyclic) bond motifs is 7. The molecule has 0 aromatic heterocycles. The molecule has 9 rings (SSSR count). The van der Waals surface area contributed by atoms with Crippen molar-refractivity contribution in [2.24, 2.45) is 50.2 Å². The fourth-order valence-corrected chi connectivity index (χ4v) is 16.5. The maximum absolute atomic E-state index is 13.3. The molecule has 0 spiro atoms. The number of hydrogen-bond acceptors (Lipinski definition) is 22. The number of aliphatic carboxylic acids is 1. The van der Waals surface area contributed by atoms with Gasteiger partial charge in [-0.1, -0.05) is 60.1 Å². The van der Waals surface area contributed by atoms with Crippen LogP contribution < -0.4 is 0 Å². The van der Waals surface area contributed by atoms with Crippen LogP contribution in [0.2, 0.25) is 0 Å². The number of carboxylic acid groups (broad SMARTS) is 1. The number of rotatable bonds is 12. The summed E-state index contributed by atoms with van der Waals surface area (Å²) < 4.78 is 47.8. The van der Waals surface area contributed by atoms with Crippen molar-refractivity contribution in [1.82, 2.24) is 0 Å². The first-order valence-electron chi connectivity index (χ1n) is 27.8. The molecule has 0 radical (unpaired) electrons. The minimum absolute atomic E-state index is 0.0357. The van der Waals surface area contributed by atoms with E-state index in [4.69, 9.17) is 37.9 Å². The lowest BCUT2D eigenvalue weighted by Gasteiger charge is -2.72. The molecule has 9 aliphatic rings. The van der Waals surface area contributed by atoms with E-state index in [-0.39, 0.29) is 46.0 Å². The highest BCUT2D eigenvalue weighted by molar-refractivity contribution is 5.73. The average Bonchev–Trinajstić information content (AvgIpc) is 3.45. The smallest absolute Gasteiger partial charge is 0.335 e. The third kappa shape index (κ3) is 9.80. The van der Waals surface area contributed by atoms with Gasteiger partial charge in [-0.05, 0) is 110 Å². The molecule has 0 aromatic carbocycles. The van der Waals surface area contributed by atoms with Crippen LogP contribution in [0.25, 0.3) is 0 Å². The van der Waals surface area contributed by atoms with Crippen molar-refractivity contribution in [2.45, 2.75) is 248 Å². The van der Waals surface area contributed by atoms with E-state index in [2.05, 4.69) is 54.5 Å². The number of aliphatic hydroxyl groups is 13. The van der Waals surface area contributed by atoms with Crippen molar-refractivity contribution in [2.75, 3.05) is 19.8 Å². The minimum atomic E-state index is -2.11. The van der Waals surface area contributed by atoms with Gasteiger partial charge < -0.3 is 109 Å². The largest absolute Gasteiger partial charge is 0.479 e. The zero-order valence-corrected chi connectivity index (χ0v) is 45.4. The highest BCUT2D eigenvalue weighted by Crippen LogP contribution is 2.76. The van der Waals surface area contributed by atoms with Gasteiger partial charge in [0, 0.05) is 5.41 Å². The summed E-state index contributed by atoms with van der Waals surface area (Å²) in [6.45, 7) is 15.7. The van der Waals surface area contributed by atoms with Crippen molar-refractivity contribution in [3.05, 3.63) is 11.6 Å². The summed E-state index contributed by atoms with van der Waals surface area (Å²) in [6, 6.07) is 0. The Kier molecular flexibility index (Phi) is 16.8. The van der Waals surface area contributed by atoms with Gasteiger partial charge >= 0.3 is 5.97 Å². The fraction of sp³-hybridized carbons (Fsp3) is 0.944. The standard InChI is InChI=1S/C54H88O23/c1-22-31(58)34(61)38(65)46(71-22)76-42-40(67)41(75-47-39(66)36(63)33(60)26(73-47)20-70-45-37(64)35(62)32(59)25(19-55)72-45)43(44(68)69)77-48(42)74-30-12-13-51(6)27(50(30,4)5)11-14-52(7)28(51)10-9-23-24-17-49(2,3)15-16-54(24,21-56)29(57)18-53(23,52)8/h9,22,24-43,45-48,55-67H,10-21H2,1-8H3,(H,68,69)/t22?,24?,25?,26?,27?,28?,29-,30+,31?,32?,33?,34?,35?,36?,37?,38?,39?,40?,41?,42?,43?,45?,46?,47?,48?,51+,52-,53-,54-/m1/s1. The van der Waals surface area contributed by atoms with E-state index in [9.17, 15) is 76.3 Å². The van der Waals surface area contributed by atoms with Crippen molar-refractivity contribution in [1.29, 1.82) is 0 Å². The van der Waals surface area contributed by atoms with Gasteiger partial charge in [-0.15, -0.1) is 0 Å². The van der Waals surface area contributed by atoms with Gasteiger partial charge in [-0.25, -0.2) is 4.79 Å². The number of allylic oxidation sites excluding steroid dienone is 2. The fourth-order valence-electron chi connectivity index (χ4n) is 16.5. The van der Waals surface area contributed by atoms with E-state index in [1.54, 1.807) is 0 Å². The topological polar surface area (TPSA) is 374 Å². The van der Waals surface area contributed by atoms with Gasteiger partial charge in [0.25, 0.3) is 0 Å². The third-order valence-electron chi connectivity index (χ3n) is 21.5. The third-order valence-corrected chi connectivity index (χ3v) is 21.5. The van der Waals surface area contributed by atoms with Crippen LogP contribution in [0.15, 0.2) is 11.6 Å². The Morgan fingerprint density at radius 1 is 0.610 bits per heavy atom. The quantitative estimate of drug-likeness (QED) is 0.0783. The predicted molar refractivity (Wildman–Crippen MR) is 263 cm³/mol. The summed E-state index contributed by atoms with van der Waals surface area (Å²) in [7, 11) is 0. The number of hydrogen-bond donors (Lipinski definition) is 14. The molecule has 4 aliphatic heterocycles. The summed E-state index contributed by atoms with van der Waals surface area (Å²) in [5, 5.41) is 153. The van der Waals surface area contributed by atoms with Crippen LogP contribution in [-0.4, -0.2) is 232 Å². The molecule has 0 amide bonds. The van der Waals surface area contributed by atoms with Crippen LogP contribution in [0.4, 0.5) is 0 Å². The molecule has 29 atom stereocenters. The summed E-state index contributed by atoms with van der Waals surface area (Å²) in [6.07, 6.45) is -28.2. The summed E-state index contributed by atoms with van der Waals surface area (Å²) in [5.74, 6) is -1.39. The number of aliphatic hydroxyl groups excluding tert-OH is 13. The second-order valence-corrected chi connectivity index (χ2v) is 26.5. The molecule has 5 aliphatic carbocycles. The van der Waals surface area contributed by atoms with Crippen LogP contribution in [0.1, 0.15) is 113 Å². The zero-order chi connectivity index (χ0) is 56.4. The lowest BCUT2D eigenvalue weighted by Crippen LogP contribution is -2.69. The summed E-state index contributed by atoms with van der Waals surface area (Å²) in [5.41, 5.74) is -0.601. The Bertz CT molecular complexity index is 2130. The maximum Gasteiger partial charge on any atom is 0.335 e. The second-order valence-electron chi connectivity index (χ2n) is 26.5. The Morgan fingerprint density at radius 3 is 1.84 bits per heavy atom. The van der Waals surface area contributed by atoms with E-state index in [0.717, 1.165) is 38.5 Å². The van der Waals surface area contributed by atoms with Crippen molar-refractivity contribution in [3.8, 4) is 0 Å². The van der Waals surface area contributed by atoms with Gasteiger partial charge in [0.1, 0.15) is 85.5 Å². The lowest BCUT2D eigenvalue weighted by molar-refractivity contribution is -0.391. The Morgan fingerprint density at radius 2 is 1.21 bits per heavy atom. The Balaban J connectivity index is 0.970. The van der Waals surface area contributed by atoms with Crippen LogP contribution in [0, 0.1) is 50.2 Å². The van der Waals surface area contributed by atoms with Gasteiger partial charge in [0.2, 0.25) is 0 Å². The average molecular weight is 1110 g/mol. The number of carboxylic acids is 1. The molecule has 8 fully saturated rings. The number of ether oxygens (including phenoxy) is 8. The van der Waals surface area contributed by atoms with E-state index < -0.39 is 165 Å². The molecule has 4 saturated carbocycles. The highest BCUT2D eigenvalue weighted by Gasteiger charge is 2.70. The Labute approximate surface area is 449 Å². The SMILES string of the molecule is CC1OC(OC2C(O[C@H]3CC[C@@]4(C)C(CC[C@]5(C)C4CC=C4C6CC(C)(C)CC[C@]6(CO)[C@H](O)C[C@]45C)C3(C)C)OC(C(=O)O)C(OC3OC(COC4OC(CO)C(O)C(O)C4O)C(O)C(O)C3O)C2O)C(O)C(O)C1O. The van der Waals surface area contributed by atoms with Gasteiger partial charge in [-0.3, -0.25) is 0 Å². The molecule has 0 bridgehead atoms. The molecule has 23 heteroatoms. The molecular formula is C54H88O23. The normalized spacial score (nSPS) is 54.5. The van der Waals surface area contributed by atoms with Crippen LogP contribution >= 0.6 is 0 Å². The van der Waals surface area contributed by atoms with Crippen molar-refractivity contribution < 1.29 is 114 Å². The minimum Gasteiger partial charge on any atom is -0.479 e. The van der Waals surface area contributed by atoms with E-state index in [0.29, 0.717) is 19.3 Å². The van der Waals surface area contributed by atoms with Crippen molar-refractivity contribution in [3.63, 3.8) is 0 Å². The molecule has 23 nitrogen and oxygen atoms in total. The zero-order valence-electron chi connectivity index (χ0n) is 45.4. The first kappa shape index (κ1) is 60.0. The van der Waals surface area contributed by atoms with Crippen LogP contribution in [0.3, 0.4) is 0 Å². The summed E-state index contributed by atoms with van der Waals surface area (Å²) in [4.78, 5) is 13.3. The molecule has 0 aromatic rings. The molecule has 23 unspecified atom stereocenters. The van der Waals surface area contributed by atoms with Gasteiger partial charge in [0.15, 0.2) is 31.3 Å². The number of carbonyl (C=O) groups is 1. The highest BCUT2D eigenvalue weighted by atomic mass is 16.8. The van der Waals surface area contributed by atoms with E-state index >= 15 is 0 Å². The first-order valence-corrected chi connectivity index (χ1v) is 27.8. The molecule has 442 valence electrons.